The number of anilines is 1. The number of piperidine rings is 1. The summed E-state index contributed by atoms with van der Waals surface area (Å²) in [6.45, 7) is 3.04. The number of carbonyl (C=O) groups is 2. The van der Waals surface area contributed by atoms with Gasteiger partial charge in [0.05, 0.1) is 5.56 Å². The van der Waals surface area contributed by atoms with E-state index in [1.54, 1.807) is 31.2 Å². The molecule has 216 valence electrons. The molecule has 1 fully saturated rings. The van der Waals surface area contributed by atoms with E-state index in [2.05, 4.69) is 5.32 Å². The Hall–Kier alpha value is -4.43. The lowest BCUT2D eigenvalue weighted by Crippen LogP contribution is -2.52. The van der Waals surface area contributed by atoms with E-state index in [1.807, 2.05) is 59.5 Å². The first-order valence-electron chi connectivity index (χ1n) is 13.8. The van der Waals surface area contributed by atoms with Crippen molar-refractivity contribution in [3.05, 3.63) is 125 Å². The molecular formula is C34H31F3N2O3. The molecule has 1 saturated heterocycles. The van der Waals surface area contributed by atoms with E-state index in [4.69, 9.17) is 0 Å². The average Bonchev–Trinajstić information content (AvgIpc) is 3.01. The molecule has 42 heavy (non-hydrogen) atoms. The van der Waals surface area contributed by atoms with Gasteiger partial charge in [-0.25, -0.2) is 4.79 Å². The summed E-state index contributed by atoms with van der Waals surface area (Å²) in [7, 11) is 0. The SMILES string of the molecule is CC(C(=O)O)(c1ccccc1)N1CCC(c2ccc(NC(=O)c3ccccc3-c3ccc(C(F)(F)F)cc3)cc2)CC1. The van der Waals surface area contributed by atoms with Gasteiger partial charge in [0.2, 0.25) is 0 Å². The maximum atomic E-state index is 13.2. The Labute approximate surface area is 242 Å². The third kappa shape index (κ3) is 5.94. The number of nitrogens with one attached hydrogen (secondary N) is 1. The van der Waals surface area contributed by atoms with E-state index in [-0.39, 0.29) is 11.8 Å². The second-order valence-corrected chi connectivity index (χ2v) is 10.7. The van der Waals surface area contributed by atoms with Crippen molar-refractivity contribution < 1.29 is 27.9 Å². The minimum absolute atomic E-state index is 0.264. The number of rotatable bonds is 7. The number of nitrogens with zero attached hydrogens (tertiary/aromatic N) is 1. The number of hydrogen-bond acceptors (Lipinski definition) is 3. The Morgan fingerprint density at radius 3 is 1.98 bits per heavy atom. The molecule has 0 spiro atoms. The van der Waals surface area contributed by atoms with Gasteiger partial charge in [0.25, 0.3) is 5.91 Å². The maximum absolute atomic E-state index is 13.2. The van der Waals surface area contributed by atoms with Gasteiger partial charge >= 0.3 is 12.1 Å². The summed E-state index contributed by atoms with van der Waals surface area (Å²) < 4.78 is 39.0. The fourth-order valence-corrected chi connectivity index (χ4v) is 5.67. The predicted molar refractivity (Wildman–Crippen MR) is 156 cm³/mol. The van der Waals surface area contributed by atoms with Crippen LogP contribution in [0.15, 0.2) is 103 Å². The van der Waals surface area contributed by atoms with E-state index in [0.29, 0.717) is 35.5 Å². The summed E-state index contributed by atoms with van der Waals surface area (Å²) in [5, 5.41) is 13.0. The third-order valence-electron chi connectivity index (χ3n) is 8.21. The quantitative estimate of drug-likeness (QED) is 0.237. The van der Waals surface area contributed by atoms with Gasteiger partial charge in [-0.2, -0.15) is 13.2 Å². The normalized spacial score (nSPS) is 16.0. The van der Waals surface area contributed by atoms with Crippen molar-refractivity contribution >= 4 is 17.6 Å². The van der Waals surface area contributed by atoms with Gasteiger partial charge < -0.3 is 10.4 Å². The van der Waals surface area contributed by atoms with Crippen LogP contribution in [-0.2, 0) is 16.5 Å². The van der Waals surface area contributed by atoms with Crippen LogP contribution in [0, 0.1) is 0 Å². The van der Waals surface area contributed by atoms with Crippen LogP contribution in [-0.4, -0.2) is 35.0 Å². The molecule has 5 nitrogen and oxygen atoms in total. The van der Waals surface area contributed by atoms with Gasteiger partial charge in [-0.1, -0.05) is 72.8 Å². The standard InChI is InChI=1S/C34H31F3N2O3/c1-33(32(41)42,26-7-3-2-4-8-26)39-21-19-24(20-22-39)23-13-17-28(18-14-23)38-31(40)30-10-6-5-9-29(30)25-11-15-27(16-12-25)34(35,36)37/h2-18,24H,19-22H2,1H3,(H,38,40)(H,41,42). The first-order chi connectivity index (χ1) is 20.1. The fourth-order valence-electron chi connectivity index (χ4n) is 5.67. The molecule has 1 unspecified atom stereocenters. The van der Waals surface area contributed by atoms with Crippen molar-refractivity contribution in [3.63, 3.8) is 0 Å². The number of likely N-dealkylation sites (tertiary alicyclic amines) is 1. The molecule has 4 aromatic rings. The molecule has 1 atom stereocenters. The van der Waals surface area contributed by atoms with Crippen molar-refractivity contribution in [1.29, 1.82) is 0 Å². The van der Waals surface area contributed by atoms with Gasteiger partial charge in [-0.15, -0.1) is 0 Å². The maximum Gasteiger partial charge on any atom is 0.416 e. The highest BCUT2D eigenvalue weighted by atomic mass is 19.4. The van der Waals surface area contributed by atoms with Crippen LogP contribution in [0.2, 0.25) is 0 Å². The van der Waals surface area contributed by atoms with Crippen molar-refractivity contribution in [1.82, 2.24) is 4.90 Å². The lowest BCUT2D eigenvalue weighted by atomic mass is 9.84. The number of alkyl halides is 3. The molecule has 2 N–H and O–H groups in total. The van der Waals surface area contributed by atoms with Gasteiger partial charge in [-0.3, -0.25) is 9.69 Å². The Bertz CT molecular complexity index is 1550. The summed E-state index contributed by atoms with van der Waals surface area (Å²) in [5.74, 6) is -0.965. The highest BCUT2D eigenvalue weighted by molar-refractivity contribution is 6.08. The van der Waals surface area contributed by atoms with Crippen LogP contribution in [0.3, 0.4) is 0 Å². The summed E-state index contributed by atoms with van der Waals surface area (Å²) in [6, 6.07) is 28.5. The van der Waals surface area contributed by atoms with Crippen molar-refractivity contribution in [2.24, 2.45) is 0 Å². The Kier molecular flexibility index (Phi) is 8.18. The lowest BCUT2D eigenvalue weighted by molar-refractivity contribution is -0.152. The van der Waals surface area contributed by atoms with Crippen LogP contribution in [0.1, 0.15) is 52.7 Å². The molecule has 0 aliphatic carbocycles. The lowest BCUT2D eigenvalue weighted by Gasteiger charge is -2.42. The Morgan fingerprint density at radius 1 is 0.786 bits per heavy atom. The molecule has 5 rings (SSSR count). The molecule has 0 radical (unpaired) electrons. The number of carboxylic acid groups (broad SMARTS) is 1. The van der Waals surface area contributed by atoms with E-state index >= 15 is 0 Å². The summed E-state index contributed by atoms with van der Waals surface area (Å²) in [5.41, 5.74) is 2.05. The van der Waals surface area contributed by atoms with E-state index in [0.717, 1.165) is 36.1 Å². The highest BCUT2D eigenvalue weighted by Gasteiger charge is 2.42. The number of hydrogen-bond donors (Lipinski definition) is 2. The van der Waals surface area contributed by atoms with Gasteiger partial charge in [0, 0.05) is 24.3 Å². The van der Waals surface area contributed by atoms with Crippen molar-refractivity contribution in [3.8, 4) is 11.1 Å². The van der Waals surface area contributed by atoms with Crippen molar-refractivity contribution in [2.75, 3.05) is 18.4 Å². The smallest absolute Gasteiger partial charge is 0.416 e. The monoisotopic (exact) mass is 572 g/mol. The zero-order valence-corrected chi connectivity index (χ0v) is 23.1. The zero-order valence-electron chi connectivity index (χ0n) is 23.1. The fraction of sp³-hybridized carbons (Fsp3) is 0.235. The van der Waals surface area contributed by atoms with Crippen LogP contribution < -0.4 is 5.32 Å². The van der Waals surface area contributed by atoms with Crippen LogP contribution in [0.5, 0.6) is 0 Å². The van der Waals surface area contributed by atoms with Gasteiger partial charge in [0.15, 0.2) is 0 Å². The average molecular weight is 573 g/mol. The number of amides is 1. The van der Waals surface area contributed by atoms with E-state index < -0.39 is 23.2 Å². The van der Waals surface area contributed by atoms with E-state index in [1.165, 1.54) is 12.1 Å². The molecule has 1 amide bonds. The minimum Gasteiger partial charge on any atom is -0.480 e. The molecule has 1 aliphatic heterocycles. The van der Waals surface area contributed by atoms with Crippen LogP contribution in [0.4, 0.5) is 18.9 Å². The topological polar surface area (TPSA) is 69.6 Å². The number of carboxylic acids is 1. The Balaban J connectivity index is 1.24. The molecule has 0 aromatic heterocycles. The highest BCUT2D eigenvalue weighted by Crippen LogP contribution is 2.37. The molecule has 0 saturated carbocycles. The minimum atomic E-state index is -4.43. The number of aliphatic carboxylic acids is 1. The second-order valence-electron chi connectivity index (χ2n) is 10.7. The van der Waals surface area contributed by atoms with Crippen molar-refractivity contribution in [2.45, 2.75) is 37.4 Å². The predicted octanol–water partition coefficient (Wildman–Crippen LogP) is 7.80. The molecule has 4 aromatic carbocycles. The van der Waals surface area contributed by atoms with Gasteiger partial charge in [-0.05, 0) is 78.3 Å². The summed E-state index contributed by atoms with van der Waals surface area (Å²) in [4.78, 5) is 27.5. The molecule has 1 heterocycles. The molecular weight excluding hydrogens is 541 g/mol. The molecule has 0 bridgehead atoms. The molecule has 8 heteroatoms. The first kappa shape index (κ1) is 29.1. The number of benzene rings is 4. The zero-order chi connectivity index (χ0) is 29.9. The number of halogens is 3. The van der Waals surface area contributed by atoms with Crippen LogP contribution in [0.25, 0.3) is 11.1 Å². The second kappa shape index (κ2) is 11.8. The summed E-state index contributed by atoms with van der Waals surface area (Å²) in [6.07, 6.45) is -2.82. The molecule has 1 aliphatic rings. The largest absolute Gasteiger partial charge is 0.480 e. The van der Waals surface area contributed by atoms with Gasteiger partial charge in [0.1, 0.15) is 5.54 Å². The summed E-state index contributed by atoms with van der Waals surface area (Å²) >= 11 is 0. The Morgan fingerprint density at radius 2 is 1.38 bits per heavy atom. The third-order valence-corrected chi connectivity index (χ3v) is 8.21. The van der Waals surface area contributed by atoms with Crippen LogP contribution >= 0.6 is 0 Å². The first-order valence-corrected chi connectivity index (χ1v) is 13.8. The van der Waals surface area contributed by atoms with E-state index in [9.17, 15) is 27.9 Å². The number of carbonyl (C=O) groups excluding carboxylic acids is 1.